The fourth-order valence-electron chi connectivity index (χ4n) is 2.59. The van der Waals surface area contributed by atoms with Gasteiger partial charge in [0.15, 0.2) is 0 Å². The van der Waals surface area contributed by atoms with Gasteiger partial charge in [0, 0.05) is 17.3 Å². The largest absolute Gasteiger partial charge is 0.492 e. The molecule has 0 radical (unpaired) electrons. The van der Waals surface area contributed by atoms with Gasteiger partial charge in [-0.25, -0.2) is 13.7 Å². The Kier molecular flexibility index (Phi) is 5.90. The number of aromatic nitrogens is 1. The minimum absolute atomic E-state index is 0.327. The number of H-pyrrole nitrogens is 1. The Balaban J connectivity index is 1.72. The number of hydrogen-bond acceptors (Lipinski definition) is 11. The minimum atomic E-state index is -5.20. The zero-order valence-corrected chi connectivity index (χ0v) is 16.7. The molecule has 158 valence electrons. The van der Waals surface area contributed by atoms with Crippen molar-refractivity contribution in [1.82, 2.24) is 4.98 Å². The van der Waals surface area contributed by atoms with Gasteiger partial charge in [0.1, 0.15) is 24.4 Å². The monoisotopic (exact) mass is 463 g/mol. The van der Waals surface area contributed by atoms with Crippen LogP contribution >= 0.6 is 23.5 Å². The molecule has 28 heavy (non-hydrogen) atoms. The zero-order chi connectivity index (χ0) is 20.9. The Hall–Kier alpha value is -0.720. The van der Waals surface area contributed by atoms with Gasteiger partial charge in [0.2, 0.25) is 0 Å². The number of aryl methyl sites for hydroxylation is 1. The number of aliphatic hydroxyl groups is 2. The maximum Gasteiger partial charge on any atom is 0.492 e. The highest BCUT2D eigenvalue weighted by atomic mass is 31.3. The highest BCUT2D eigenvalue weighted by molar-refractivity contribution is 7.74. The average Bonchev–Trinajstić information content (AvgIpc) is 2.80. The lowest BCUT2D eigenvalue weighted by Crippen LogP contribution is -2.33. The van der Waals surface area contributed by atoms with E-state index >= 15 is 0 Å². The van der Waals surface area contributed by atoms with E-state index in [4.69, 9.17) is 14.5 Å². The second-order valence-corrected chi connectivity index (χ2v) is 10.9. The molecule has 0 amide bonds. The van der Waals surface area contributed by atoms with E-state index in [-0.39, 0.29) is 5.56 Å². The fourth-order valence-corrected chi connectivity index (χ4v) is 7.52. The van der Waals surface area contributed by atoms with E-state index in [0.717, 1.165) is 0 Å². The molecule has 2 aliphatic rings. The van der Waals surface area contributed by atoms with Crippen molar-refractivity contribution in [3.05, 3.63) is 33.7 Å². The van der Waals surface area contributed by atoms with Crippen molar-refractivity contribution in [2.45, 2.75) is 31.3 Å². The first-order valence-corrected chi connectivity index (χ1v) is 12.0. The van der Waals surface area contributed by atoms with E-state index in [9.17, 15) is 28.7 Å². The lowest BCUT2D eigenvalue weighted by atomic mass is 10.0. The molecule has 1 aromatic rings. The maximum atomic E-state index is 12.2. The van der Waals surface area contributed by atoms with Crippen molar-refractivity contribution in [2.75, 3.05) is 6.61 Å². The molecule has 2 aliphatic heterocycles. The zero-order valence-electron chi connectivity index (χ0n) is 14.0. The van der Waals surface area contributed by atoms with Crippen LogP contribution in [0.1, 0.15) is 17.2 Å². The second kappa shape index (κ2) is 7.51. The van der Waals surface area contributed by atoms with Crippen LogP contribution in [0.5, 0.6) is 0 Å². The first-order chi connectivity index (χ1) is 12.8. The van der Waals surface area contributed by atoms with Crippen molar-refractivity contribution in [2.24, 2.45) is 0 Å². The van der Waals surface area contributed by atoms with Gasteiger partial charge in [-0.1, -0.05) is 0 Å². The van der Waals surface area contributed by atoms with Crippen LogP contribution in [0.3, 0.4) is 0 Å². The summed E-state index contributed by atoms with van der Waals surface area (Å²) in [7, 11) is -15.4. The van der Waals surface area contributed by atoms with E-state index in [0.29, 0.717) is 11.1 Å². The number of pyridine rings is 1. The van der Waals surface area contributed by atoms with Crippen LogP contribution in [0.2, 0.25) is 0 Å². The van der Waals surface area contributed by atoms with E-state index in [2.05, 4.69) is 22.4 Å². The molecule has 2 fully saturated rings. The Morgan fingerprint density at radius 2 is 1.71 bits per heavy atom. The number of nitrogens with one attached hydrogen (secondary N) is 1. The third-order valence-electron chi connectivity index (χ3n) is 3.81. The molecule has 0 aliphatic carbocycles. The van der Waals surface area contributed by atoms with Gasteiger partial charge in [0.25, 0.3) is 5.56 Å². The van der Waals surface area contributed by atoms with Crippen LogP contribution in [-0.2, 0) is 35.9 Å². The molecule has 0 spiro atoms. The predicted octanol–water partition coefficient (Wildman–Crippen LogP) is 0.234. The summed E-state index contributed by atoms with van der Waals surface area (Å²) in [6.07, 6.45) is -4.18. The minimum Gasteiger partial charge on any atom is -0.387 e. The Morgan fingerprint density at radius 3 is 2.29 bits per heavy atom. The third kappa shape index (κ3) is 4.71. The molecule has 3 rings (SSSR count). The van der Waals surface area contributed by atoms with Crippen molar-refractivity contribution in [3.8, 4) is 0 Å². The molecule has 0 saturated carbocycles. The molecule has 0 bridgehead atoms. The van der Waals surface area contributed by atoms with Crippen LogP contribution in [-0.4, -0.2) is 49.9 Å². The Labute approximate surface area is 156 Å². The third-order valence-corrected chi connectivity index (χ3v) is 9.18. The Morgan fingerprint density at radius 1 is 1.11 bits per heavy atom. The Bertz CT molecular complexity index is 933. The predicted molar refractivity (Wildman–Crippen MR) is 87.9 cm³/mol. The topological polar surface area (TPSA) is 211 Å². The number of hydrogen-bond donors (Lipinski definition) is 5. The number of aromatic amines is 1. The quantitative estimate of drug-likeness (QED) is 0.379. The summed E-state index contributed by atoms with van der Waals surface area (Å²) in [5, 5.41) is 20.3. The molecule has 5 N–H and O–H groups in total. The van der Waals surface area contributed by atoms with Crippen LogP contribution in [0.4, 0.5) is 0 Å². The lowest BCUT2D eigenvalue weighted by Gasteiger charge is -2.27. The van der Waals surface area contributed by atoms with E-state index < -0.39 is 54.5 Å². The summed E-state index contributed by atoms with van der Waals surface area (Å²) in [4.78, 5) is 32.2. The van der Waals surface area contributed by atoms with Crippen molar-refractivity contribution < 1.29 is 55.9 Å². The van der Waals surface area contributed by atoms with Crippen LogP contribution in [0.15, 0.2) is 17.1 Å². The summed E-state index contributed by atoms with van der Waals surface area (Å²) in [6.45, 7) is 0.709. The van der Waals surface area contributed by atoms with Gasteiger partial charge in [-0.15, -0.1) is 0 Å². The summed E-state index contributed by atoms with van der Waals surface area (Å²) in [5.74, 6) is 0. The lowest BCUT2D eigenvalue weighted by molar-refractivity contribution is -0.0231. The molecule has 1 aromatic heterocycles. The van der Waals surface area contributed by atoms with Gasteiger partial charge in [-0.2, -0.15) is 12.9 Å². The molecule has 6 atom stereocenters. The molecule has 2 unspecified atom stereocenters. The van der Waals surface area contributed by atoms with Crippen LogP contribution < -0.4 is 5.56 Å². The van der Waals surface area contributed by atoms with Gasteiger partial charge >= 0.3 is 23.5 Å². The van der Waals surface area contributed by atoms with Gasteiger partial charge in [0.05, 0.1) is 6.61 Å². The van der Waals surface area contributed by atoms with Gasteiger partial charge in [-0.3, -0.25) is 9.32 Å². The normalized spacial score (nSPS) is 43.9. The SMILES string of the molecule is Cc1cc([C@@H]2O[C@H](COP3(=O)OP(=O)(O)OP(=O)(O)O3)[C@H](O)[C@@H]2O)c[nH]c1=O. The van der Waals surface area contributed by atoms with E-state index in [1.54, 1.807) is 0 Å². The molecular weight excluding hydrogens is 447 g/mol. The second-order valence-electron chi connectivity index (χ2n) is 5.95. The standard InChI is InChI=1S/C11H16NO13P3/c1-5-2-6(3-12-11(5)15)10-9(14)8(13)7(22-10)4-21-28(20)24-26(16,17)23-27(18,19)25-28/h2-3,7-10,13-14H,4H2,1H3,(H,12,15)(H,16,17)(H,18,19)/t7-,8+,9+,10+/m1/s1. The summed E-state index contributed by atoms with van der Waals surface area (Å²) in [6, 6.07) is 1.43. The number of ether oxygens (including phenoxy) is 1. The van der Waals surface area contributed by atoms with Crippen LogP contribution in [0, 0.1) is 6.92 Å². The van der Waals surface area contributed by atoms with E-state index in [1.165, 1.54) is 19.2 Å². The number of rotatable bonds is 4. The molecule has 14 nitrogen and oxygen atoms in total. The van der Waals surface area contributed by atoms with Crippen LogP contribution in [0.25, 0.3) is 0 Å². The molecule has 0 aromatic carbocycles. The first-order valence-electron chi connectivity index (χ1n) is 7.56. The number of aliphatic hydroxyl groups excluding tert-OH is 2. The van der Waals surface area contributed by atoms with Gasteiger partial charge in [-0.05, 0) is 13.0 Å². The highest BCUT2D eigenvalue weighted by Gasteiger charge is 2.55. The molecule has 17 heteroatoms. The highest BCUT2D eigenvalue weighted by Crippen LogP contribution is 2.80. The van der Waals surface area contributed by atoms with E-state index in [1.807, 2.05) is 0 Å². The summed E-state index contributed by atoms with van der Waals surface area (Å²) < 4.78 is 57.0. The molecule has 3 heterocycles. The maximum absolute atomic E-state index is 12.2. The van der Waals surface area contributed by atoms with Crippen molar-refractivity contribution in [1.29, 1.82) is 0 Å². The average molecular weight is 463 g/mol. The molecule has 2 saturated heterocycles. The van der Waals surface area contributed by atoms with Gasteiger partial charge < -0.3 is 29.7 Å². The summed E-state index contributed by atoms with van der Waals surface area (Å²) >= 11 is 0. The number of phosphoric acid groups is 3. The van der Waals surface area contributed by atoms with Crippen molar-refractivity contribution >= 4 is 23.5 Å². The summed E-state index contributed by atoms with van der Waals surface area (Å²) in [5.41, 5.74) is 0.301. The molecular formula is C11H16NO13P3. The van der Waals surface area contributed by atoms with Crippen molar-refractivity contribution in [3.63, 3.8) is 0 Å². The smallest absolute Gasteiger partial charge is 0.387 e. The fraction of sp³-hybridized carbons (Fsp3) is 0.545. The first kappa shape index (κ1) is 22.0.